The molecule has 1 aliphatic heterocycles. The van der Waals surface area contributed by atoms with E-state index in [9.17, 15) is 0 Å². The summed E-state index contributed by atoms with van der Waals surface area (Å²) in [6.07, 6.45) is 0. The zero-order valence-electron chi connectivity index (χ0n) is 12.8. The van der Waals surface area contributed by atoms with Gasteiger partial charge >= 0.3 is 0 Å². The number of anilines is 3. The zero-order chi connectivity index (χ0) is 17.4. The number of nitrogens with two attached hydrogens (primary N) is 1. The van der Waals surface area contributed by atoms with E-state index >= 15 is 0 Å². The van der Waals surface area contributed by atoms with Crippen LogP contribution in [0.15, 0.2) is 42.5 Å². The maximum atomic E-state index is 6.25. The van der Waals surface area contributed by atoms with Crippen molar-refractivity contribution in [3.63, 3.8) is 0 Å². The van der Waals surface area contributed by atoms with Crippen molar-refractivity contribution in [3.05, 3.63) is 52.5 Å². The summed E-state index contributed by atoms with van der Waals surface area (Å²) < 4.78 is 10.7. The van der Waals surface area contributed by atoms with E-state index in [2.05, 4.69) is 15.3 Å². The predicted octanol–water partition coefficient (Wildman–Crippen LogP) is 4.50. The van der Waals surface area contributed by atoms with Gasteiger partial charge < -0.3 is 20.5 Å². The molecule has 0 radical (unpaired) electrons. The molecule has 0 amide bonds. The summed E-state index contributed by atoms with van der Waals surface area (Å²) in [4.78, 5) is 8.45. The number of nitrogens with one attached hydrogen (secondary N) is 1. The Labute approximate surface area is 153 Å². The lowest BCUT2D eigenvalue weighted by atomic mass is 10.1. The molecule has 0 aliphatic carbocycles. The molecule has 1 aliphatic rings. The lowest BCUT2D eigenvalue weighted by Gasteiger charge is -2.10. The van der Waals surface area contributed by atoms with Crippen LogP contribution in [0.2, 0.25) is 10.0 Å². The van der Waals surface area contributed by atoms with Crippen LogP contribution in [0.4, 0.5) is 17.5 Å². The molecule has 25 heavy (non-hydrogen) atoms. The number of aromatic nitrogens is 2. The van der Waals surface area contributed by atoms with Crippen LogP contribution >= 0.6 is 23.2 Å². The van der Waals surface area contributed by atoms with Gasteiger partial charge in [0.15, 0.2) is 11.5 Å². The molecule has 0 fully saturated rings. The number of fused-ring (bicyclic) bond motifs is 1. The van der Waals surface area contributed by atoms with Gasteiger partial charge in [-0.1, -0.05) is 23.2 Å². The molecule has 2 aromatic carbocycles. The Kier molecular flexibility index (Phi) is 3.99. The molecular formula is C17H12Cl2N4O2. The third-order valence-corrected chi connectivity index (χ3v) is 4.16. The molecule has 126 valence electrons. The molecule has 4 rings (SSSR count). The molecule has 0 atom stereocenters. The Morgan fingerprint density at radius 2 is 1.80 bits per heavy atom. The minimum atomic E-state index is 0.122. The highest BCUT2D eigenvalue weighted by Crippen LogP contribution is 2.36. The minimum absolute atomic E-state index is 0.122. The fourth-order valence-corrected chi connectivity index (χ4v) is 2.87. The second-order valence-electron chi connectivity index (χ2n) is 5.31. The lowest BCUT2D eigenvalue weighted by Crippen LogP contribution is -2.01. The predicted molar refractivity (Wildman–Crippen MR) is 97.7 cm³/mol. The first-order valence-electron chi connectivity index (χ1n) is 7.35. The van der Waals surface area contributed by atoms with E-state index in [1.807, 2.05) is 18.2 Å². The van der Waals surface area contributed by atoms with Gasteiger partial charge in [0.05, 0.1) is 10.7 Å². The molecule has 6 nitrogen and oxygen atoms in total. The summed E-state index contributed by atoms with van der Waals surface area (Å²) in [5.41, 5.74) is 7.88. The molecule has 0 saturated heterocycles. The Morgan fingerprint density at radius 3 is 2.68 bits per heavy atom. The van der Waals surface area contributed by atoms with Crippen molar-refractivity contribution in [2.24, 2.45) is 0 Å². The third kappa shape index (κ3) is 3.26. The Bertz CT molecular complexity index is 965. The fourth-order valence-electron chi connectivity index (χ4n) is 2.48. The first kappa shape index (κ1) is 15.8. The van der Waals surface area contributed by atoms with Crippen LogP contribution in [-0.2, 0) is 0 Å². The van der Waals surface area contributed by atoms with Crippen LogP contribution in [0, 0.1) is 0 Å². The Morgan fingerprint density at radius 1 is 0.960 bits per heavy atom. The Balaban J connectivity index is 1.69. The van der Waals surface area contributed by atoms with Gasteiger partial charge in [0.25, 0.3) is 0 Å². The molecule has 8 heteroatoms. The molecule has 2 heterocycles. The highest BCUT2D eigenvalue weighted by Gasteiger charge is 2.14. The topological polar surface area (TPSA) is 82.3 Å². The fraction of sp³-hybridized carbons (Fsp3) is 0.0588. The van der Waals surface area contributed by atoms with Crippen molar-refractivity contribution in [3.8, 4) is 22.8 Å². The largest absolute Gasteiger partial charge is 0.454 e. The number of hydrogen-bond donors (Lipinski definition) is 2. The van der Waals surface area contributed by atoms with Crippen LogP contribution in [0.3, 0.4) is 0 Å². The van der Waals surface area contributed by atoms with Gasteiger partial charge in [-0.2, -0.15) is 4.98 Å². The number of nitrogens with zero attached hydrogens (tertiary/aromatic N) is 2. The highest BCUT2D eigenvalue weighted by atomic mass is 35.5. The smallest absolute Gasteiger partial charge is 0.231 e. The van der Waals surface area contributed by atoms with Crippen molar-refractivity contribution < 1.29 is 9.47 Å². The number of hydrogen-bond acceptors (Lipinski definition) is 6. The molecule has 1 aromatic heterocycles. The summed E-state index contributed by atoms with van der Waals surface area (Å²) >= 11 is 12.3. The van der Waals surface area contributed by atoms with Gasteiger partial charge in [0.1, 0.15) is 5.82 Å². The second kappa shape index (κ2) is 6.31. The number of ether oxygens (including phenoxy) is 2. The van der Waals surface area contributed by atoms with Crippen molar-refractivity contribution in [1.82, 2.24) is 9.97 Å². The monoisotopic (exact) mass is 374 g/mol. The first-order valence-corrected chi connectivity index (χ1v) is 8.11. The number of halogens is 2. The van der Waals surface area contributed by atoms with Crippen LogP contribution in [0.1, 0.15) is 0 Å². The van der Waals surface area contributed by atoms with Gasteiger partial charge in [-0.3, -0.25) is 0 Å². The van der Waals surface area contributed by atoms with Crippen LogP contribution < -0.4 is 20.5 Å². The molecule has 3 aromatic rings. The molecule has 3 N–H and O–H groups in total. The van der Waals surface area contributed by atoms with E-state index in [4.69, 9.17) is 38.4 Å². The van der Waals surface area contributed by atoms with E-state index in [-0.39, 0.29) is 12.7 Å². The highest BCUT2D eigenvalue weighted by molar-refractivity contribution is 6.35. The molecule has 0 unspecified atom stereocenters. The number of rotatable bonds is 3. The van der Waals surface area contributed by atoms with Crippen LogP contribution in [-0.4, -0.2) is 16.8 Å². The van der Waals surface area contributed by atoms with Crippen molar-refractivity contribution >= 4 is 40.7 Å². The summed E-state index contributed by atoms with van der Waals surface area (Å²) in [7, 11) is 0. The van der Waals surface area contributed by atoms with E-state index in [0.717, 1.165) is 5.69 Å². The van der Waals surface area contributed by atoms with E-state index in [1.165, 1.54) is 0 Å². The molecule has 0 saturated carbocycles. The average Bonchev–Trinajstić information content (AvgIpc) is 3.04. The summed E-state index contributed by atoms with van der Waals surface area (Å²) in [5.74, 6) is 2.03. The third-order valence-electron chi connectivity index (χ3n) is 3.59. The maximum absolute atomic E-state index is 6.25. The van der Waals surface area contributed by atoms with E-state index < -0.39 is 0 Å². The average molecular weight is 375 g/mol. The van der Waals surface area contributed by atoms with Crippen molar-refractivity contribution in [1.29, 1.82) is 0 Å². The van der Waals surface area contributed by atoms with Gasteiger partial charge in [-0.15, -0.1) is 0 Å². The molecule has 0 bridgehead atoms. The van der Waals surface area contributed by atoms with Gasteiger partial charge in [0.2, 0.25) is 12.7 Å². The van der Waals surface area contributed by atoms with Gasteiger partial charge in [-0.05, 0) is 30.3 Å². The van der Waals surface area contributed by atoms with E-state index in [0.29, 0.717) is 38.6 Å². The molecular weight excluding hydrogens is 363 g/mol. The normalized spacial score (nSPS) is 12.2. The number of benzene rings is 2. The first-order chi connectivity index (χ1) is 12.1. The minimum Gasteiger partial charge on any atom is -0.454 e. The summed E-state index contributed by atoms with van der Waals surface area (Å²) in [6.45, 7) is 0.219. The second-order valence-corrected chi connectivity index (χ2v) is 6.16. The summed E-state index contributed by atoms with van der Waals surface area (Å²) in [5, 5.41) is 4.26. The standard InChI is InChI=1S/C17H12Cl2N4O2/c18-9-1-3-12(19)11(5-9)13-7-16(23-17(20)22-13)21-10-2-4-14-15(6-10)25-8-24-14/h1-7H,8H2,(H3,20,21,22,23). The van der Waals surface area contributed by atoms with Crippen molar-refractivity contribution in [2.75, 3.05) is 17.8 Å². The van der Waals surface area contributed by atoms with Gasteiger partial charge in [0, 0.05) is 28.4 Å². The van der Waals surface area contributed by atoms with Gasteiger partial charge in [-0.25, -0.2) is 4.98 Å². The maximum Gasteiger partial charge on any atom is 0.231 e. The van der Waals surface area contributed by atoms with Crippen molar-refractivity contribution in [2.45, 2.75) is 0 Å². The number of nitrogen functional groups attached to an aromatic ring is 1. The van der Waals surface area contributed by atoms with Crippen LogP contribution in [0.25, 0.3) is 11.3 Å². The Hall–Kier alpha value is -2.70. The molecule has 0 spiro atoms. The van der Waals surface area contributed by atoms with E-state index in [1.54, 1.807) is 24.3 Å². The zero-order valence-corrected chi connectivity index (χ0v) is 14.3. The van der Waals surface area contributed by atoms with Crippen LogP contribution in [0.5, 0.6) is 11.5 Å². The lowest BCUT2D eigenvalue weighted by molar-refractivity contribution is 0.174. The SMILES string of the molecule is Nc1nc(Nc2ccc3c(c2)OCO3)cc(-c2cc(Cl)ccc2Cl)n1. The summed E-state index contributed by atoms with van der Waals surface area (Å²) in [6, 6.07) is 12.4. The quantitative estimate of drug-likeness (QED) is 0.701.